The summed E-state index contributed by atoms with van der Waals surface area (Å²) in [5, 5.41) is 8.58. The van der Waals surface area contributed by atoms with Gasteiger partial charge in [-0.25, -0.2) is 0 Å². The van der Waals surface area contributed by atoms with E-state index in [1.165, 1.54) is 0 Å². The monoisotopic (exact) mass is 160 g/mol. The van der Waals surface area contributed by atoms with E-state index in [2.05, 4.69) is 0 Å². The molecule has 0 saturated carbocycles. The minimum absolute atomic E-state index is 0.338. The van der Waals surface area contributed by atoms with Crippen LogP contribution in [0.1, 0.15) is 33.1 Å². The molecule has 0 aliphatic carbocycles. The maximum absolute atomic E-state index is 8.58. The fourth-order valence-corrected chi connectivity index (χ4v) is 1.22. The quantitative estimate of drug-likeness (QED) is 0.667. The number of ether oxygens (including phenoxy) is 1. The van der Waals surface area contributed by atoms with Crippen molar-refractivity contribution in [3.63, 3.8) is 0 Å². The van der Waals surface area contributed by atoms with E-state index < -0.39 is 0 Å². The fourth-order valence-electron chi connectivity index (χ4n) is 1.22. The van der Waals surface area contributed by atoms with Gasteiger partial charge in [0.05, 0.1) is 0 Å². The smallest absolute Gasteiger partial charge is 0.0468 e. The summed E-state index contributed by atoms with van der Waals surface area (Å²) in [5.74, 6) is 0.726. The van der Waals surface area contributed by atoms with Gasteiger partial charge in [0, 0.05) is 19.8 Å². The van der Waals surface area contributed by atoms with E-state index >= 15 is 0 Å². The minimum atomic E-state index is 0.338. The molecule has 0 spiro atoms. The second kappa shape index (κ2) is 8.02. The molecule has 2 heteroatoms. The van der Waals surface area contributed by atoms with Gasteiger partial charge in [-0.1, -0.05) is 13.8 Å². The van der Waals surface area contributed by atoms with Gasteiger partial charge in [-0.2, -0.15) is 0 Å². The zero-order valence-corrected chi connectivity index (χ0v) is 7.68. The van der Waals surface area contributed by atoms with Crippen molar-refractivity contribution in [2.75, 3.05) is 19.8 Å². The van der Waals surface area contributed by atoms with E-state index in [4.69, 9.17) is 9.84 Å². The number of aliphatic hydroxyl groups excluding tert-OH is 1. The van der Waals surface area contributed by atoms with Crippen LogP contribution in [0.2, 0.25) is 0 Å². The van der Waals surface area contributed by atoms with Gasteiger partial charge in [0.25, 0.3) is 0 Å². The zero-order valence-electron chi connectivity index (χ0n) is 7.68. The second-order valence-electron chi connectivity index (χ2n) is 2.57. The Balaban J connectivity index is 0.000000461. The molecule has 0 amide bonds. The van der Waals surface area contributed by atoms with Gasteiger partial charge in [0.1, 0.15) is 0 Å². The van der Waals surface area contributed by atoms with E-state index in [0.717, 1.165) is 38.4 Å². The van der Waals surface area contributed by atoms with Crippen molar-refractivity contribution in [1.82, 2.24) is 0 Å². The lowest BCUT2D eigenvalue weighted by molar-refractivity contribution is 0.0581. The van der Waals surface area contributed by atoms with E-state index in [1.807, 2.05) is 13.8 Å². The van der Waals surface area contributed by atoms with Crippen LogP contribution in [0.15, 0.2) is 0 Å². The van der Waals surface area contributed by atoms with Crippen LogP contribution in [0.5, 0.6) is 0 Å². The van der Waals surface area contributed by atoms with Crippen molar-refractivity contribution in [2.24, 2.45) is 5.92 Å². The highest BCUT2D eigenvalue weighted by molar-refractivity contribution is 4.61. The average Bonchev–Trinajstić information content (AvgIpc) is 2.11. The molecule has 1 fully saturated rings. The maximum Gasteiger partial charge on any atom is 0.0468 e. The summed E-state index contributed by atoms with van der Waals surface area (Å²) in [4.78, 5) is 0. The molecule has 0 aromatic heterocycles. The molecule has 0 bridgehead atoms. The fraction of sp³-hybridized carbons (Fsp3) is 1.00. The second-order valence-corrected chi connectivity index (χ2v) is 2.57. The normalized spacial score (nSPS) is 18.8. The SMILES string of the molecule is CC.OCCC1CCOCC1. The molecule has 1 aliphatic rings. The molecule has 0 unspecified atom stereocenters. The Morgan fingerprint density at radius 2 is 1.82 bits per heavy atom. The third kappa shape index (κ3) is 5.22. The average molecular weight is 160 g/mol. The molecule has 0 radical (unpaired) electrons. The largest absolute Gasteiger partial charge is 0.396 e. The first-order chi connectivity index (χ1) is 5.43. The molecule has 1 saturated heterocycles. The third-order valence-electron chi connectivity index (χ3n) is 1.88. The molecule has 1 heterocycles. The molecule has 1 rings (SSSR count). The Morgan fingerprint density at radius 1 is 1.27 bits per heavy atom. The summed E-state index contributed by atoms with van der Waals surface area (Å²) >= 11 is 0. The van der Waals surface area contributed by atoms with Crippen molar-refractivity contribution in [2.45, 2.75) is 33.1 Å². The van der Waals surface area contributed by atoms with Gasteiger partial charge in [-0.3, -0.25) is 0 Å². The lowest BCUT2D eigenvalue weighted by atomic mass is 9.97. The predicted molar refractivity (Wildman–Crippen MR) is 46.6 cm³/mol. The summed E-state index contributed by atoms with van der Waals surface area (Å²) in [5.41, 5.74) is 0. The van der Waals surface area contributed by atoms with Crippen molar-refractivity contribution in [3.8, 4) is 0 Å². The first-order valence-corrected chi connectivity index (χ1v) is 4.62. The Labute approximate surface area is 69.6 Å². The highest BCUT2D eigenvalue weighted by Crippen LogP contribution is 2.17. The molecule has 11 heavy (non-hydrogen) atoms. The van der Waals surface area contributed by atoms with Crippen LogP contribution in [-0.4, -0.2) is 24.9 Å². The van der Waals surface area contributed by atoms with Crippen LogP contribution >= 0.6 is 0 Å². The zero-order chi connectivity index (χ0) is 8.53. The summed E-state index contributed by atoms with van der Waals surface area (Å²) in [6.45, 7) is 6.12. The standard InChI is InChI=1S/C7H14O2.C2H6/c8-4-1-7-2-5-9-6-3-7;1-2/h7-8H,1-6H2;1-2H3. The predicted octanol–water partition coefficient (Wildman–Crippen LogP) is 1.82. The molecular weight excluding hydrogens is 140 g/mol. The Kier molecular flexibility index (Phi) is 7.96. The molecular formula is C9H20O2. The topological polar surface area (TPSA) is 29.5 Å². The molecule has 2 nitrogen and oxygen atoms in total. The van der Waals surface area contributed by atoms with Crippen molar-refractivity contribution in [1.29, 1.82) is 0 Å². The molecule has 68 valence electrons. The molecule has 1 aliphatic heterocycles. The molecule has 0 aromatic rings. The van der Waals surface area contributed by atoms with Crippen LogP contribution in [0.4, 0.5) is 0 Å². The summed E-state index contributed by atoms with van der Waals surface area (Å²) in [6.07, 6.45) is 3.24. The van der Waals surface area contributed by atoms with Crippen LogP contribution in [0.25, 0.3) is 0 Å². The highest BCUT2D eigenvalue weighted by Gasteiger charge is 2.11. The van der Waals surface area contributed by atoms with E-state index in [-0.39, 0.29) is 0 Å². The van der Waals surface area contributed by atoms with Gasteiger partial charge in [0.2, 0.25) is 0 Å². The van der Waals surface area contributed by atoms with Crippen molar-refractivity contribution in [3.05, 3.63) is 0 Å². The van der Waals surface area contributed by atoms with Crippen LogP contribution in [0.3, 0.4) is 0 Å². The van der Waals surface area contributed by atoms with E-state index in [1.54, 1.807) is 0 Å². The van der Waals surface area contributed by atoms with Crippen molar-refractivity contribution < 1.29 is 9.84 Å². The third-order valence-corrected chi connectivity index (χ3v) is 1.88. The summed E-state index contributed by atoms with van der Waals surface area (Å²) < 4.78 is 5.16. The number of hydrogen-bond acceptors (Lipinski definition) is 2. The first-order valence-electron chi connectivity index (χ1n) is 4.62. The van der Waals surface area contributed by atoms with Crippen LogP contribution < -0.4 is 0 Å². The Morgan fingerprint density at radius 3 is 2.27 bits per heavy atom. The minimum Gasteiger partial charge on any atom is -0.396 e. The van der Waals surface area contributed by atoms with Gasteiger partial charge in [-0.15, -0.1) is 0 Å². The summed E-state index contributed by atoms with van der Waals surface area (Å²) in [6, 6.07) is 0. The number of aliphatic hydroxyl groups is 1. The summed E-state index contributed by atoms with van der Waals surface area (Å²) in [7, 11) is 0. The van der Waals surface area contributed by atoms with E-state index in [9.17, 15) is 0 Å². The van der Waals surface area contributed by atoms with Crippen LogP contribution in [-0.2, 0) is 4.74 Å². The van der Waals surface area contributed by atoms with Crippen molar-refractivity contribution >= 4 is 0 Å². The van der Waals surface area contributed by atoms with E-state index in [0.29, 0.717) is 6.61 Å². The van der Waals surface area contributed by atoms with Gasteiger partial charge >= 0.3 is 0 Å². The molecule has 0 atom stereocenters. The lowest BCUT2D eigenvalue weighted by Crippen LogP contribution is -2.16. The number of rotatable bonds is 2. The Hall–Kier alpha value is -0.0800. The van der Waals surface area contributed by atoms with Gasteiger partial charge in [0.15, 0.2) is 0 Å². The highest BCUT2D eigenvalue weighted by atomic mass is 16.5. The molecule has 1 N–H and O–H groups in total. The van der Waals surface area contributed by atoms with Crippen LogP contribution in [0, 0.1) is 5.92 Å². The lowest BCUT2D eigenvalue weighted by Gasteiger charge is -2.20. The van der Waals surface area contributed by atoms with Gasteiger partial charge in [-0.05, 0) is 25.2 Å². The Bertz CT molecular complexity index is 65.2. The maximum atomic E-state index is 8.58. The molecule has 0 aromatic carbocycles. The van der Waals surface area contributed by atoms with Gasteiger partial charge < -0.3 is 9.84 Å². The number of hydrogen-bond donors (Lipinski definition) is 1. The first kappa shape index (κ1) is 10.9.